The number of nitrogens with zero attached hydrogens (tertiary/aromatic N) is 2. The molecule has 2 amide bonds. The summed E-state index contributed by atoms with van der Waals surface area (Å²) in [6.45, 7) is 3.90. The second kappa shape index (κ2) is 7.57. The maximum atomic E-state index is 13.0. The van der Waals surface area contributed by atoms with Crippen molar-refractivity contribution in [2.24, 2.45) is 0 Å². The van der Waals surface area contributed by atoms with E-state index in [2.05, 4.69) is 15.8 Å². The Bertz CT molecular complexity index is 888. The molecule has 0 fully saturated rings. The van der Waals surface area contributed by atoms with E-state index >= 15 is 0 Å². The molecule has 3 rings (SSSR count). The smallest absolute Gasteiger partial charge is 0.263 e. The van der Waals surface area contributed by atoms with Gasteiger partial charge in [0.25, 0.3) is 5.56 Å². The van der Waals surface area contributed by atoms with Crippen molar-refractivity contribution in [2.45, 2.75) is 51.2 Å². The molecule has 7 nitrogen and oxygen atoms in total. The number of thioether (sulfide) groups is 1. The average Bonchev–Trinajstić information content (AvgIpc) is 3.14. The second-order valence-electron chi connectivity index (χ2n) is 5.91. The molecule has 0 saturated carbocycles. The Kier molecular flexibility index (Phi) is 5.43. The fraction of sp³-hybridized carbons (Fsp3) is 0.500. The van der Waals surface area contributed by atoms with Crippen molar-refractivity contribution in [3.05, 3.63) is 20.8 Å². The number of carbonyl (C=O) groups excluding carboxylic acids is 2. The molecule has 0 aliphatic heterocycles. The third-order valence-corrected chi connectivity index (χ3v) is 6.11. The van der Waals surface area contributed by atoms with E-state index in [-0.39, 0.29) is 23.1 Å². The SMILES string of the molecule is CCCn1c(SCC(=O)NNC(C)=O)nc2sc3c(c2c1=O)CCC3. The molecule has 9 heteroatoms. The van der Waals surface area contributed by atoms with E-state index in [0.717, 1.165) is 35.9 Å². The molecule has 0 spiro atoms. The number of thiophene rings is 1. The van der Waals surface area contributed by atoms with Gasteiger partial charge in [0.2, 0.25) is 11.8 Å². The van der Waals surface area contributed by atoms with Gasteiger partial charge >= 0.3 is 0 Å². The van der Waals surface area contributed by atoms with Crippen LogP contribution in [0.4, 0.5) is 0 Å². The largest absolute Gasteiger partial charge is 0.287 e. The van der Waals surface area contributed by atoms with Crippen molar-refractivity contribution in [3.8, 4) is 0 Å². The quantitative estimate of drug-likeness (QED) is 0.467. The maximum absolute atomic E-state index is 13.0. The molecule has 0 saturated heterocycles. The highest BCUT2D eigenvalue weighted by Gasteiger charge is 2.23. The molecule has 1 aliphatic rings. The summed E-state index contributed by atoms with van der Waals surface area (Å²) in [5, 5.41) is 1.32. The number of rotatable bonds is 5. The Labute approximate surface area is 153 Å². The lowest BCUT2D eigenvalue weighted by atomic mass is 10.2. The summed E-state index contributed by atoms with van der Waals surface area (Å²) in [5.41, 5.74) is 5.73. The predicted molar refractivity (Wildman–Crippen MR) is 98.9 cm³/mol. The van der Waals surface area contributed by atoms with E-state index in [1.54, 1.807) is 15.9 Å². The summed E-state index contributed by atoms with van der Waals surface area (Å²) in [6, 6.07) is 0. The summed E-state index contributed by atoms with van der Waals surface area (Å²) in [6.07, 6.45) is 3.88. The number of aromatic nitrogens is 2. The molecule has 2 aromatic rings. The Hall–Kier alpha value is -1.87. The van der Waals surface area contributed by atoms with Crippen molar-refractivity contribution in [2.75, 3.05) is 5.75 Å². The molecular formula is C16H20N4O3S2. The van der Waals surface area contributed by atoms with Gasteiger partial charge in [0.05, 0.1) is 11.1 Å². The Balaban J connectivity index is 1.89. The van der Waals surface area contributed by atoms with Crippen LogP contribution in [0, 0.1) is 0 Å². The lowest BCUT2D eigenvalue weighted by Crippen LogP contribution is -2.41. The van der Waals surface area contributed by atoms with Crippen LogP contribution in [-0.4, -0.2) is 27.1 Å². The first-order chi connectivity index (χ1) is 12.0. The molecule has 25 heavy (non-hydrogen) atoms. The van der Waals surface area contributed by atoms with Gasteiger partial charge in [0.1, 0.15) is 4.83 Å². The zero-order valence-electron chi connectivity index (χ0n) is 14.2. The van der Waals surface area contributed by atoms with Crippen LogP contribution in [0.5, 0.6) is 0 Å². The number of hydrogen-bond acceptors (Lipinski definition) is 6. The van der Waals surface area contributed by atoms with Crippen LogP contribution in [0.25, 0.3) is 10.2 Å². The number of carbonyl (C=O) groups is 2. The molecule has 0 aromatic carbocycles. The first-order valence-corrected chi connectivity index (χ1v) is 10.0. The number of amides is 2. The third kappa shape index (κ3) is 3.72. The van der Waals surface area contributed by atoms with Crippen molar-refractivity contribution in [1.82, 2.24) is 20.4 Å². The second-order valence-corrected chi connectivity index (χ2v) is 7.93. The van der Waals surface area contributed by atoms with Crippen LogP contribution < -0.4 is 16.4 Å². The molecule has 0 atom stereocenters. The molecule has 2 N–H and O–H groups in total. The topological polar surface area (TPSA) is 93.1 Å². The Morgan fingerprint density at radius 1 is 1.32 bits per heavy atom. The summed E-state index contributed by atoms with van der Waals surface area (Å²) >= 11 is 2.81. The lowest BCUT2D eigenvalue weighted by molar-refractivity contribution is -0.126. The molecule has 134 valence electrons. The van der Waals surface area contributed by atoms with Crippen molar-refractivity contribution >= 4 is 45.1 Å². The van der Waals surface area contributed by atoms with E-state index in [0.29, 0.717) is 11.7 Å². The Morgan fingerprint density at radius 3 is 2.84 bits per heavy atom. The zero-order chi connectivity index (χ0) is 18.0. The normalized spacial score (nSPS) is 13.0. The third-order valence-electron chi connectivity index (χ3n) is 3.95. The van der Waals surface area contributed by atoms with Crippen LogP contribution >= 0.6 is 23.1 Å². The van der Waals surface area contributed by atoms with Gasteiger partial charge in [0, 0.05) is 18.3 Å². The van der Waals surface area contributed by atoms with Crippen LogP contribution in [0.2, 0.25) is 0 Å². The van der Waals surface area contributed by atoms with Gasteiger partial charge in [-0.15, -0.1) is 11.3 Å². The first-order valence-electron chi connectivity index (χ1n) is 8.24. The lowest BCUT2D eigenvalue weighted by Gasteiger charge is -2.11. The van der Waals surface area contributed by atoms with Crippen molar-refractivity contribution < 1.29 is 9.59 Å². The van der Waals surface area contributed by atoms with E-state index in [1.165, 1.54) is 29.1 Å². The van der Waals surface area contributed by atoms with E-state index < -0.39 is 0 Å². The van der Waals surface area contributed by atoms with Crippen molar-refractivity contribution in [1.29, 1.82) is 0 Å². The monoisotopic (exact) mass is 380 g/mol. The average molecular weight is 380 g/mol. The number of hydrazine groups is 1. The van der Waals surface area contributed by atoms with Gasteiger partial charge in [-0.05, 0) is 31.2 Å². The molecule has 2 heterocycles. The molecule has 0 bridgehead atoms. The van der Waals surface area contributed by atoms with Crippen LogP contribution in [-0.2, 0) is 29.0 Å². The number of hydrogen-bond donors (Lipinski definition) is 2. The van der Waals surface area contributed by atoms with Crippen LogP contribution in [0.15, 0.2) is 9.95 Å². The highest BCUT2D eigenvalue weighted by Crippen LogP contribution is 2.35. The standard InChI is InChI=1S/C16H20N4O3S2/c1-3-7-20-15(23)13-10-5-4-6-11(10)25-14(13)17-16(20)24-8-12(22)19-18-9(2)21/h3-8H2,1-2H3,(H,18,21)(H,19,22). The summed E-state index contributed by atoms with van der Waals surface area (Å²) in [5.74, 6) is -0.604. The number of fused-ring (bicyclic) bond motifs is 3. The fourth-order valence-electron chi connectivity index (χ4n) is 2.91. The fourth-order valence-corrected chi connectivity index (χ4v) is 5.04. The maximum Gasteiger partial charge on any atom is 0.263 e. The minimum absolute atomic E-state index is 0.00369. The molecule has 0 unspecified atom stereocenters. The summed E-state index contributed by atoms with van der Waals surface area (Å²) < 4.78 is 1.67. The molecule has 1 aliphatic carbocycles. The minimum Gasteiger partial charge on any atom is -0.287 e. The van der Waals surface area contributed by atoms with E-state index in [4.69, 9.17) is 0 Å². The van der Waals surface area contributed by atoms with Crippen LogP contribution in [0.3, 0.4) is 0 Å². The van der Waals surface area contributed by atoms with Gasteiger partial charge in [-0.25, -0.2) is 4.98 Å². The molecular weight excluding hydrogens is 360 g/mol. The van der Waals surface area contributed by atoms with Gasteiger partial charge in [-0.3, -0.25) is 29.8 Å². The Morgan fingerprint density at radius 2 is 2.12 bits per heavy atom. The minimum atomic E-state index is -0.341. The zero-order valence-corrected chi connectivity index (χ0v) is 15.8. The summed E-state index contributed by atoms with van der Waals surface area (Å²) in [4.78, 5) is 42.3. The highest BCUT2D eigenvalue weighted by atomic mass is 32.2. The van der Waals surface area contributed by atoms with Gasteiger partial charge < -0.3 is 0 Å². The van der Waals surface area contributed by atoms with E-state index in [1.807, 2.05) is 6.92 Å². The van der Waals surface area contributed by atoms with E-state index in [9.17, 15) is 14.4 Å². The van der Waals surface area contributed by atoms with Gasteiger partial charge in [-0.1, -0.05) is 18.7 Å². The molecule has 2 aromatic heterocycles. The van der Waals surface area contributed by atoms with Gasteiger partial charge in [0.15, 0.2) is 5.16 Å². The number of aryl methyl sites for hydroxylation is 2. The number of nitrogens with one attached hydrogen (secondary N) is 2. The van der Waals surface area contributed by atoms with Crippen LogP contribution in [0.1, 0.15) is 37.1 Å². The summed E-state index contributed by atoms with van der Waals surface area (Å²) in [7, 11) is 0. The predicted octanol–water partition coefficient (Wildman–Crippen LogP) is 1.62. The first kappa shape index (κ1) is 17.9. The molecule has 0 radical (unpaired) electrons. The van der Waals surface area contributed by atoms with Gasteiger partial charge in [-0.2, -0.15) is 0 Å². The highest BCUT2D eigenvalue weighted by molar-refractivity contribution is 7.99. The van der Waals surface area contributed by atoms with Crippen molar-refractivity contribution in [3.63, 3.8) is 0 Å².